The zero-order valence-electron chi connectivity index (χ0n) is 18.9. The van der Waals surface area contributed by atoms with Gasteiger partial charge in [0.05, 0.1) is 11.6 Å². The molecule has 2 bridgehead atoms. The lowest BCUT2D eigenvalue weighted by Gasteiger charge is -2.44. The molecule has 1 aliphatic carbocycles. The Morgan fingerprint density at radius 3 is 2.67 bits per heavy atom. The molecule has 0 radical (unpaired) electrons. The molecule has 9 nitrogen and oxygen atoms in total. The van der Waals surface area contributed by atoms with E-state index < -0.39 is 0 Å². The van der Waals surface area contributed by atoms with Crippen LogP contribution in [0.15, 0.2) is 18.2 Å². The molecule has 3 N–H and O–H groups in total. The van der Waals surface area contributed by atoms with Crippen molar-refractivity contribution in [2.75, 3.05) is 44.2 Å². The van der Waals surface area contributed by atoms with Gasteiger partial charge in [-0.15, -0.1) is 0 Å². The quantitative estimate of drug-likeness (QED) is 0.572. The van der Waals surface area contributed by atoms with Crippen molar-refractivity contribution in [1.29, 1.82) is 0 Å². The smallest absolute Gasteiger partial charge is 0.290 e. The number of piperidine rings is 3. The van der Waals surface area contributed by atoms with Crippen molar-refractivity contribution in [3.8, 4) is 0 Å². The van der Waals surface area contributed by atoms with Gasteiger partial charge in [0.25, 0.3) is 12.4 Å². The number of nitrogens with zero attached hydrogens (tertiary/aromatic N) is 3. The van der Waals surface area contributed by atoms with Gasteiger partial charge in [-0.2, -0.15) is 5.10 Å². The van der Waals surface area contributed by atoms with Gasteiger partial charge >= 0.3 is 0 Å². The first-order valence-electron chi connectivity index (χ1n) is 12.1. The van der Waals surface area contributed by atoms with E-state index in [0.29, 0.717) is 17.7 Å². The van der Waals surface area contributed by atoms with E-state index in [4.69, 9.17) is 14.6 Å². The van der Waals surface area contributed by atoms with Crippen LogP contribution < -0.4 is 10.2 Å². The largest absolute Gasteiger partial charge is 0.483 e. The predicted molar refractivity (Wildman–Crippen MR) is 124 cm³/mol. The molecule has 5 aliphatic rings. The van der Waals surface area contributed by atoms with Gasteiger partial charge in [0, 0.05) is 43.4 Å². The highest BCUT2D eigenvalue weighted by molar-refractivity contribution is 6.05. The number of hydrogen-bond acceptors (Lipinski definition) is 6. The Morgan fingerprint density at radius 2 is 1.97 bits per heavy atom. The Balaban J connectivity index is 0.000000724. The van der Waals surface area contributed by atoms with Crippen LogP contribution in [-0.4, -0.2) is 84.1 Å². The Morgan fingerprint density at radius 1 is 1.18 bits per heavy atom. The summed E-state index contributed by atoms with van der Waals surface area (Å²) in [6.07, 6.45) is 6.48. The molecule has 1 aromatic heterocycles. The maximum Gasteiger partial charge on any atom is 0.290 e. The van der Waals surface area contributed by atoms with Crippen LogP contribution in [0.1, 0.15) is 42.6 Å². The van der Waals surface area contributed by atoms with Gasteiger partial charge in [0.2, 0.25) is 0 Å². The van der Waals surface area contributed by atoms with Crippen molar-refractivity contribution in [3.05, 3.63) is 23.9 Å². The van der Waals surface area contributed by atoms with Gasteiger partial charge in [-0.05, 0) is 75.2 Å². The van der Waals surface area contributed by atoms with Crippen LogP contribution in [0.2, 0.25) is 0 Å². The number of nitrogens with one attached hydrogen (secondary N) is 2. The third kappa shape index (κ3) is 4.99. The van der Waals surface area contributed by atoms with E-state index in [9.17, 15) is 4.79 Å². The molecule has 178 valence electrons. The SMILES string of the molecule is O=C(N[C@@H]1CN2CCC1CC2)c1n[nH]c2cc(N3CCC(OCC4CC4)C3)ccc12.O=CO. The number of ether oxygens (including phenoxy) is 1. The fourth-order valence-corrected chi connectivity index (χ4v) is 5.40. The zero-order valence-corrected chi connectivity index (χ0v) is 18.9. The average molecular weight is 456 g/mol. The van der Waals surface area contributed by atoms with Gasteiger partial charge in [0.15, 0.2) is 5.69 Å². The second-order valence-corrected chi connectivity index (χ2v) is 9.76. The summed E-state index contributed by atoms with van der Waals surface area (Å²) in [6.45, 7) is 5.96. The van der Waals surface area contributed by atoms with Crippen LogP contribution in [-0.2, 0) is 9.53 Å². The van der Waals surface area contributed by atoms with Crippen molar-refractivity contribution in [2.45, 2.75) is 44.2 Å². The summed E-state index contributed by atoms with van der Waals surface area (Å²) in [5, 5.41) is 18.5. The average Bonchev–Trinajstić information content (AvgIpc) is 3.37. The molecular formula is C24H33N5O4. The van der Waals surface area contributed by atoms with Gasteiger partial charge in [-0.1, -0.05) is 0 Å². The van der Waals surface area contributed by atoms with Crippen molar-refractivity contribution in [2.24, 2.45) is 11.8 Å². The van der Waals surface area contributed by atoms with Crippen LogP contribution in [0.4, 0.5) is 5.69 Å². The molecule has 2 atom stereocenters. The highest BCUT2D eigenvalue weighted by Gasteiger charge is 2.35. The summed E-state index contributed by atoms with van der Waals surface area (Å²) in [7, 11) is 0. The number of H-pyrrole nitrogens is 1. The van der Waals surface area contributed by atoms with Crippen LogP contribution in [0.5, 0.6) is 0 Å². The number of rotatable bonds is 6. The Kier molecular flexibility index (Phi) is 6.50. The molecule has 33 heavy (non-hydrogen) atoms. The Hall–Kier alpha value is -2.65. The van der Waals surface area contributed by atoms with Crippen molar-refractivity contribution in [3.63, 3.8) is 0 Å². The number of carbonyl (C=O) groups is 2. The predicted octanol–water partition coefficient (Wildman–Crippen LogP) is 2.09. The molecular weight excluding hydrogens is 422 g/mol. The summed E-state index contributed by atoms with van der Waals surface area (Å²) in [4.78, 5) is 26.1. The highest BCUT2D eigenvalue weighted by Crippen LogP contribution is 2.32. The molecule has 7 rings (SSSR count). The van der Waals surface area contributed by atoms with Crippen LogP contribution in [0, 0.1) is 11.8 Å². The number of aromatic amines is 1. The molecule has 1 amide bonds. The van der Waals surface area contributed by atoms with E-state index in [1.165, 1.54) is 44.5 Å². The zero-order chi connectivity index (χ0) is 22.8. The molecule has 0 spiro atoms. The van der Waals surface area contributed by atoms with E-state index in [1.54, 1.807) is 0 Å². The van der Waals surface area contributed by atoms with E-state index in [1.807, 2.05) is 6.07 Å². The molecule has 9 heteroatoms. The fourth-order valence-electron chi connectivity index (χ4n) is 5.40. The third-order valence-corrected chi connectivity index (χ3v) is 7.51. The normalized spacial score (nSPS) is 28.4. The summed E-state index contributed by atoms with van der Waals surface area (Å²) < 4.78 is 6.08. The summed E-state index contributed by atoms with van der Waals surface area (Å²) >= 11 is 0. The first-order chi connectivity index (χ1) is 16.1. The van der Waals surface area contributed by atoms with Gasteiger partial charge < -0.3 is 25.0 Å². The highest BCUT2D eigenvalue weighted by atomic mass is 16.5. The van der Waals surface area contributed by atoms with E-state index in [2.05, 4.69) is 37.4 Å². The summed E-state index contributed by atoms with van der Waals surface area (Å²) in [5.74, 6) is 1.37. The third-order valence-electron chi connectivity index (χ3n) is 7.51. The molecule has 5 fully saturated rings. The summed E-state index contributed by atoms with van der Waals surface area (Å²) in [6, 6.07) is 6.53. The number of aromatic nitrogens is 2. The first kappa shape index (κ1) is 22.2. The van der Waals surface area contributed by atoms with Gasteiger partial charge in [0.1, 0.15) is 0 Å². The topological polar surface area (TPSA) is 111 Å². The molecule has 4 saturated heterocycles. The second-order valence-electron chi connectivity index (χ2n) is 9.76. The fraction of sp³-hybridized carbons (Fsp3) is 0.625. The van der Waals surface area contributed by atoms with Crippen LogP contribution >= 0.6 is 0 Å². The molecule has 1 aromatic carbocycles. The van der Waals surface area contributed by atoms with Crippen molar-refractivity contribution in [1.82, 2.24) is 20.4 Å². The number of anilines is 1. The number of benzene rings is 1. The summed E-state index contributed by atoms with van der Waals surface area (Å²) in [5.41, 5.74) is 2.61. The van der Waals surface area contributed by atoms with Gasteiger partial charge in [-0.3, -0.25) is 14.7 Å². The second kappa shape index (κ2) is 9.69. The number of hydrogen-bond donors (Lipinski definition) is 3. The monoisotopic (exact) mass is 455 g/mol. The molecule has 1 unspecified atom stereocenters. The maximum atomic E-state index is 12.9. The minimum Gasteiger partial charge on any atom is -0.483 e. The lowest BCUT2D eigenvalue weighted by Crippen LogP contribution is -2.57. The number of carbonyl (C=O) groups excluding carboxylic acids is 1. The first-order valence-corrected chi connectivity index (χ1v) is 12.1. The van der Waals surface area contributed by atoms with E-state index in [0.717, 1.165) is 49.5 Å². The Labute approximate surface area is 193 Å². The lowest BCUT2D eigenvalue weighted by atomic mass is 9.84. The van der Waals surface area contributed by atoms with Gasteiger partial charge in [-0.25, -0.2) is 0 Å². The van der Waals surface area contributed by atoms with Crippen molar-refractivity contribution >= 4 is 29.0 Å². The number of amides is 1. The number of carboxylic acid groups (broad SMARTS) is 1. The van der Waals surface area contributed by atoms with E-state index in [-0.39, 0.29) is 18.4 Å². The molecule has 1 saturated carbocycles. The number of fused-ring (bicyclic) bond motifs is 4. The minimum absolute atomic E-state index is 0.0533. The Bertz CT molecular complexity index is 982. The lowest BCUT2D eigenvalue weighted by molar-refractivity contribution is -0.122. The van der Waals surface area contributed by atoms with Crippen molar-refractivity contribution < 1.29 is 19.4 Å². The molecule has 2 aromatic rings. The molecule has 5 heterocycles. The maximum absolute atomic E-state index is 12.9. The van der Waals surface area contributed by atoms with Crippen LogP contribution in [0.3, 0.4) is 0 Å². The van der Waals surface area contributed by atoms with Crippen LogP contribution in [0.25, 0.3) is 10.9 Å². The standard InChI is InChI=1S/C23H31N5O2.CH2O2/c29-23(24-21-13-27-8-5-16(21)6-9-27)22-19-4-3-17(11-20(19)25-26-22)28-10-7-18(12-28)30-14-15-1-2-15;2-1-3/h3-4,11,15-16,18,21H,1-2,5-10,12-14H2,(H,24,29)(H,25,26);1H,(H,2,3)/t18?,21-;/m1./s1. The minimum atomic E-state index is -0.250. The molecule has 4 aliphatic heterocycles. The van der Waals surface area contributed by atoms with E-state index >= 15 is 0 Å².